The zero-order valence-corrected chi connectivity index (χ0v) is 11.3. The van der Waals surface area contributed by atoms with E-state index in [1.165, 1.54) is 11.0 Å². The van der Waals surface area contributed by atoms with Crippen LogP contribution in [0, 0.1) is 0 Å². The summed E-state index contributed by atoms with van der Waals surface area (Å²) in [6.07, 6.45) is 3.29. The molecule has 0 bridgehead atoms. The van der Waals surface area contributed by atoms with Gasteiger partial charge in [0.05, 0.1) is 6.20 Å². The van der Waals surface area contributed by atoms with Crippen molar-refractivity contribution < 1.29 is 4.79 Å². The summed E-state index contributed by atoms with van der Waals surface area (Å²) in [4.78, 5) is 22.0. The normalized spacial score (nSPS) is 15.4. The summed E-state index contributed by atoms with van der Waals surface area (Å²) in [6, 6.07) is 5.86. The van der Waals surface area contributed by atoms with E-state index in [4.69, 9.17) is 0 Å². The fourth-order valence-corrected chi connectivity index (χ4v) is 2.29. The van der Waals surface area contributed by atoms with Crippen LogP contribution in [-0.4, -0.2) is 57.0 Å². The van der Waals surface area contributed by atoms with E-state index in [1.807, 2.05) is 23.1 Å². The van der Waals surface area contributed by atoms with Crippen LogP contribution in [0.15, 0.2) is 30.6 Å². The number of nitrogens with zero attached hydrogens (tertiary/aromatic N) is 6. The Bertz CT molecular complexity index is 588. The van der Waals surface area contributed by atoms with Gasteiger partial charge in [0.2, 0.25) is 0 Å². The molecular weight excluding hydrogens is 256 g/mol. The monoisotopic (exact) mass is 272 g/mol. The molecule has 1 fully saturated rings. The highest BCUT2D eigenvalue weighted by Gasteiger charge is 2.24. The van der Waals surface area contributed by atoms with Gasteiger partial charge in [-0.05, 0) is 12.1 Å². The summed E-state index contributed by atoms with van der Waals surface area (Å²) in [7, 11) is 1.70. The maximum absolute atomic E-state index is 12.2. The van der Waals surface area contributed by atoms with Crippen LogP contribution < -0.4 is 4.90 Å². The van der Waals surface area contributed by atoms with Crippen LogP contribution in [0.25, 0.3) is 0 Å². The van der Waals surface area contributed by atoms with Crippen molar-refractivity contribution in [1.82, 2.24) is 24.9 Å². The average Bonchev–Trinajstić information content (AvgIpc) is 2.94. The number of hydrogen-bond donors (Lipinski definition) is 0. The third-order valence-corrected chi connectivity index (χ3v) is 3.36. The van der Waals surface area contributed by atoms with Gasteiger partial charge in [0.25, 0.3) is 5.91 Å². The van der Waals surface area contributed by atoms with Gasteiger partial charge < -0.3 is 9.80 Å². The largest absolute Gasteiger partial charge is 0.353 e. The number of aromatic nitrogens is 4. The molecule has 0 saturated carbocycles. The standard InChI is InChI=1S/C13H16N6O/c1-17-15-10-11(16-17)13(20)19-8-6-18(7-9-19)12-4-2-3-5-14-12/h2-5,10H,6-9H2,1H3. The van der Waals surface area contributed by atoms with Gasteiger partial charge in [-0.3, -0.25) is 4.79 Å². The van der Waals surface area contributed by atoms with Crippen LogP contribution >= 0.6 is 0 Å². The fourth-order valence-electron chi connectivity index (χ4n) is 2.29. The summed E-state index contributed by atoms with van der Waals surface area (Å²) < 4.78 is 0. The van der Waals surface area contributed by atoms with Gasteiger partial charge in [-0.25, -0.2) is 4.98 Å². The fraction of sp³-hybridized carbons (Fsp3) is 0.385. The SMILES string of the molecule is Cn1ncc(C(=O)N2CCN(c3ccccn3)CC2)n1. The Morgan fingerprint density at radius 1 is 1.20 bits per heavy atom. The van der Waals surface area contributed by atoms with Crippen LogP contribution in [0.1, 0.15) is 10.5 Å². The second kappa shape index (κ2) is 5.28. The Hall–Kier alpha value is -2.44. The number of piperazine rings is 1. The lowest BCUT2D eigenvalue weighted by atomic mass is 10.2. The molecule has 0 spiro atoms. The van der Waals surface area contributed by atoms with E-state index in [0.717, 1.165) is 18.9 Å². The molecule has 0 N–H and O–H groups in total. The number of anilines is 1. The smallest absolute Gasteiger partial charge is 0.276 e. The number of carbonyl (C=O) groups excluding carboxylic acids is 1. The highest BCUT2D eigenvalue weighted by Crippen LogP contribution is 2.13. The minimum Gasteiger partial charge on any atom is -0.353 e. The maximum atomic E-state index is 12.2. The molecule has 0 atom stereocenters. The van der Waals surface area contributed by atoms with Gasteiger partial charge in [-0.2, -0.15) is 9.90 Å². The van der Waals surface area contributed by atoms with Crippen molar-refractivity contribution in [2.45, 2.75) is 0 Å². The van der Waals surface area contributed by atoms with Crippen LogP contribution in [0.4, 0.5) is 5.82 Å². The lowest BCUT2D eigenvalue weighted by molar-refractivity contribution is 0.0740. The summed E-state index contributed by atoms with van der Waals surface area (Å²) in [5.41, 5.74) is 0.402. The first-order valence-corrected chi connectivity index (χ1v) is 6.55. The van der Waals surface area contributed by atoms with E-state index < -0.39 is 0 Å². The van der Waals surface area contributed by atoms with Crippen molar-refractivity contribution in [2.24, 2.45) is 7.05 Å². The van der Waals surface area contributed by atoms with Gasteiger partial charge in [0, 0.05) is 39.4 Å². The maximum Gasteiger partial charge on any atom is 0.276 e. The zero-order valence-electron chi connectivity index (χ0n) is 11.3. The Labute approximate surface area is 116 Å². The first-order valence-electron chi connectivity index (χ1n) is 6.55. The molecule has 1 aliphatic rings. The van der Waals surface area contributed by atoms with Crippen molar-refractivity contribution in [2.75, 3.05) is 31.1 Å². The molecule has 0 unspecified atom stereocenters. The molecule has 104 valence electrons. The lowest BCUT2D eigenvalue weighted by Gasteiger charge is -2.35. The van der Waals surface area contributed by atoms with E-state index in [2.05, 4.69) is 20.1 Å². The second-order valence-electron chi connectivity index (χ2n) is 4.69. The van der Waals surface area contributed by atoms with Crippen LogP contribution in [0.2, 0.25) is 0 Å². The number of amides is 1. The molecule has 20 heavy (non-hydrogen) atoms. The van der Waals surface area contributed by atoms with E-state index in [9.17, 15) is 4.79 Å². The molecule has 0 radical (unpaired) electrons. The molecule has 1 aliphatic heterocycles. The zero-order chi connectivity index (χ0) is 13.9. The van der Waals surface area contributed by atoms with E-state index in [1.54, 1.807) is 13.2 Å². The minimum absolute atomic E-state index is 0.0567. The topological polar surface area (TPSA) is 67.2 Å². The lowest BCUT2D eigenvalue weighted by Crippen LogP contribution is -2.49. The molecule has 2 aromatic rings. The van der Waals surface area contributed by atoms with Gasteiger partial charge in [0.1, 0.15) is 5.82 Å². The van der Waals surface area contributed by atoms with E-state index in [-0.39, 0.29) is 5.91 Å². The highest BCUT2D eigenvalue weighted by molar-refractivity contribution is 5.92. The third-order valence-electron chi connectivity index (χ3n) is 3.36. The predicted octanol–water partition coefficient (Wildman–Crippen LogP) is 0.172. The third kappa shape index (κ3) is 2.47. The molecule has 2 aromatic heterocycles. The summed E-state index contributed by atoms with van der Waals surface area (Å²) >= 11 is 0. The Morgan fingerprint density at radius 3 is 2.60 bits per heavy atom. The molecule has 7 heteroatoms. The minimum atomic E-state index is -0.0567. The van der Waals surface area contributed by atoms with Crippen molar-refractivity contribution >= 4 is 11.7 Å². The molecule has 3 rings (SSSR count). The van der Waals surface area contributed by atoms with E-state index >= 15 is 0 Å². The van der Waals surface area contributed by atoms with Crippen molar-refractivity contribution in [3.8, 4) is 0 Å². The number of rotatable bonds is 2. The Morgan fingerprint density at radius 2 is 2.00 bits per heavy atom. The Kier molecular flexibility index (Phi) is 3.32. The number of hydrogen-bond acceptors (Lipinski definition) is 5. The molecular formula is C13H16N6O. The van der Waals surface area contributed by atoms with Crippen LogP contribution in [0.3, 0.4) is 0 Å². The molecule has 3 heterocycles. The molecule has 0 aliphatic carbocycles. The van der Waals surface area contributed by atoms with Crippen LogP contribution in [-0.2, 0) is 7.05 Å². The summed E-state index contributed by atoms with van der Waals surface area (Å²) in [5, 5.41) is 7.98. The van der Waals surface area contributed by atoms with Gasteiger partial charge in [-0.15, -0.1) is 5.10 Å². The van der Waals surface area contributed by atoms with E-state index in [0.29, 0.717) is 18.8 Å². The first kappa shape index (κ1) is 12.6. The van der Waals surface area contributed by atoms with Crippen molar-refractivity contribution in [3.05, 3.63) is 36.3 Å². The molecule has 1 amide bonds. The van der Waals surface area contributed by atoms with Crippen molar-refractivity contribution in [1.29, 1.82) is 0 Å². The van der Waals surface area contributed by atoms with Gasteiger partial charge in [-0.1, -0.05) is 6.07 Å². The summed E-state index contributed by atoms with van der Waals surface area (Å²) in [5.74, 6) is 0.901. The highest BCUT2D eigenvalue weighted by atomic mass is 16.2. The second-order valence-corrected chi connectivity index (χ2v) is 4.69. The molecule has 1 saturated heterocycles. The number of carbonyl (C=O) groups is 1. The predicted molar refractivity (Wildman–Crippen MR) is 73.4 cm³/mol. The Balaban J connectivity index is 1.63. The quantitative estimate of drug-likeness (QED) is 0.780. The van der Waals surface area contributed by atoms with Crippen LogP contribution in [0.5, 0.6) is 0 Å². The number of pyridine rings is 1. The summed E-state index contributed by atoms with van der Waals surface area (Å²) in [6.45, 7) is 2.91. The number of aryl methyl sites for hydroxylation is 1. The van der Waals surface area contributed by atoms with Gasteiger partial charge >= 0.3 is 0 Å². The average molecular weight is 272 g/mol. The molecule has 0 aromatic carbocycles. The van der Waals surface area contributed by atoms with Gasteiger partial charge in [0.15, 0.2) is 5.69 Å². The first-order chi connectivity index (χ1) is 9.74. The molecule has 7 nitrogen and oxygen atoms in total. The van der Waals surface area contributed by atoms with Crippen molar-refractivity contribution in [3.63, 3.8) is 0 Å².